The first-order valence-corrected chi connectivity index (χ1v) is 6.92. The molecule has 0 aliphatic heterocycles. The molecule has 110 valence electrons. The summed E-state index contributed by atoms with van der Waals surface area (Å²) >= 11 is 0. The van der Waals surface area contributed by atoms with E-state index in [0.717, 1.165) is 25.0 Å². The number of aryl methyl sites for hydroxylation is 2. The predicted molar refractivity (Wildman–Crippen MR) is 76.9 cm³/mol. The number of hydrogen-bond acceptors (Lipinski definition) is 4. The molecular weight excluding hydrogens is 270 g/mol. The van der Waals surface area contributed by atoms with E-state index in [1.165, 1.54) is 5.56 Å². The lowest BCUT2D eigenvalue weighted by Gasteiger charge is -2.10. The maximum absolute atomic E-state index is 12.1. The second kappa shape index (κ2) is 5.21. The van der Waals surface area contributed by atoms with Gasteiger partial charge in [-0.05, 0) is 37.8 Å². The minimum absolute atomic E-state index is 0.0467. The summed E-state index contributed by atoms with van der Waals surface area (Å²) in [6.07, 6.45) is 2.98. The molecule has 1 aliphatic carbocycles. The smallest absolute Gasteiger partial charge is 0.301 e. The van der Waals surface area contributed by atoms with E-state index >= 15 is 0 Å². The van der Waals surface area contributed by atoms with Gasteiger partial charge in [0.15, 0.2) is 5.76 Å². The molecule has 6 heteroatoms. The third-order valence-electron chi connectivity index (χ3n) is 3.87. The van der Waals surface area contributed by atoms with Crippen molar-refractivity contribution in [1.29, 1.82) is 0 Å². The van der Waals surface area contributed by atoms with Crippen LogP contribution in [0.1, 0.15) is 39.6 Å². The Bertz CT molecular complexity index is 758. The van der Waals surface area contributed by atoms with Gasteiger partial charge in [-0.25, -0.2) is 5.84 Å². The van der Waals surface area contributed by atoms with Gasteiger partial charge in [0, 0.05) is 17.3 Å². The molecule has 0 fully saturated rings. The van der Waals surface area contributed by atoms with Crippen LogP contribution < -0.4 is 16.8 Å². The van der Waals surface area contributed by atoms with Crippen LogP contribution in [0.25, 0.3) is 0 Å². The fourth-order valence-corrected chi connectivity index (χ4v) is 2.88. The quantitative estimate of drug-likeness (QED) is 0.498. The van der Waals surface area contributed by atoms with Crippen LogP contribution in [0.15, 0.2) is 27.4 Å². The van der Waals surface area contributed by atoms with Gasteiger partial charge >= 0.3 is 5.91 Å². The first-order valence-electron chi connectivity index (χ1n) is 6.92. The molecule has 3 rings (SSSR count). The number of carbonyl (C=O) groups excluding carboxylic acids is 1. The van der Waals surface area contributed by atoms with Gasteiger partial charge in [0.1, 0.15) is 5.76 Å². The molecule has 3 N–H and O–H groups in total. The highest BCUT2D eigenvalue weighted by molar-refractivity contribution is 5.92. The van der Waals surface area contributed by atoms with Crippen LogP contribution in [0.4, 0.5) is 0 Å². The molecule has 0 atom stereocenters. The monoisotopic (exact) mass is 287 g/mol. The van der Waals surface area contributed by atoms with Gasteiger partial charge in [-0.2, -0.15) is 0 Å². The third-order valence-corrected chi connectivity index (χ3v) is 3.87. The van der Waals surface area contributed by atoms with Crippen molar-refractivity contribution < 1.29 is 9.21 Å². The lowest BCUT2D eigenvalue weighted by molar-refractivity contribution is 0.0923. The van der Waals surface area contributed by atoms with E-state index in [1.807, 2.05) is 6.07 Å². The van der Waals surface area contributed by atoms with Crippen LogP contribution in [0.5, 0.6) is 0 Å². The van der Waals surface area contributed by atoms with E-state index < -0.39 is 5.91 Å². The highest BCUT2D eigenvalue weighted by Crippen LogP contribution is 2.22. The zero-order valence-electron chi connectivity index (χ0n) is 11.8. The molecule has 0 bridgehead atoms. The number of rotatable bonds is 3. The number of aromatic nitrogens is 1. The minimum atomic E-state index is -0.468. The summed E-state index contributed by atoms with van der Waals surface area (Å²) in [5.41, 5.74) is 5.00. The molecule has 0 saturated carbocycles. The molecule has 2 aromatic rings. The largest absolute Gasteiger partial charge is 0.454 e. The number of fused-ring (bicyclic) bond motifs is 1. The van der Waals surface area contributed by atoms with E-state index in [2.05, 4.69) is 5.43 Å². The molecule has 0 saturated heterocycles. The van der Waals surface area contributed by atoms with E-state index in [-0.39, 0.29) is 11.3 Å². The van der Waals surface area contributed by atoms with Crippen LogP contribution in [0.3, 0.4) is 0 Å². The lowest BCUT2D eigenvalue weighted by atomic mass is 10.2. The molecule has 21 heavy (non-hydrogen) atoms. The van der Waals surface area contributed by atoms with Crippen LogP contribution in [-0.2, 0) is 19.4 Å². The number of carbonyl (C=O) groups is 1. The normalized spacial score (nSPS) is 13.2. The fraction of sp³-hybridized carbons (Fsp3) is 0.333. The van der Waals surface area contributed by atoms with Crippen molar-refractivity contribution in [3.05, 3.63) is 56.9 Å². The van der Waals surface area contributed by atoms with Gasteiger partial charge < -0.3 is 8.98 Å². The lowest BCUT2D eigenvalue weighted by Crippen LogP contribution is -2.30. The number of hydrazine groups is 1. The van der Waals surface area contributed by atoms with Crippen molar-refractivity contribution >= 4 is 5.91 Å². The fourth-order valence-electron chi connectivity index (χ4n) is 2.88. The Labute approximate surface area is 121 Å². The maximum Gasteiger partial charge on any atom is 0.301 e. The van der Waals surface area contributed by atoms with Crippen molar-refractivity contribution in [3.8, 4) is 0 Å². The van der Waals surface area contributed by atoms with Gasteiger partial charge in [-0.15, -0.1) is 0 Å². The molecule has 6 nitrogen and oxygen atoms in total. The zero-order chi connectivity index (χ0) is 15.0. The SMILES string of the molecule is Cc1cc(Cn2c3c(ccc2=O)CCC3)oc1C(=O)NN. The summed E-state index contributed by atoms with van der Waals surface area (Å²) < 4.78 is 7.26. The topological polar surface area (TPSA) is 90.3 Å². The van der Waals surface area contributed by atoms with Gasteiger partial charge in [-0.1, -0.05) is 6.07 Å². The molecular formula is C15H17N3O3. The van der Waals surface area contributed by atoms with E-state index in [0.29, 0.717) is 17.9 Å². The van der Waals surface area contributed by atoms with E-state index in [9.17, 15) is 9.59 Å². The molecule has 2 aromatic heterocycles. The van der Waals surface area contributed by atoms with Crippen LogP contribution in [0.2, 0.25) is 0 Å². The van der Waals surface area contributed by atoms with Gasteiger partial charge in [0.25, 0.3) is 5.56 Å². The number of nitrogens with two attached hydrogens (primary N) is 1. The molecule has 0 aromatic carbocycles. The number of nitrogens with zero attached hydrogens (tertiary/aromatic N) is 1. The van der Waals surface area contributed by atoms with Crippen molar-refractivity contribution in [2.24, 2.45) is 5.84 Å². The Kier molecular flexibility index (Phi) is 3.39. The van der Waals surface area contributed by atoms with Crippen LogP contribution >= 0.6 is 0 Å². The number of nitrogens with one attached hydrogen (secondary N) is 1. The highest BCUT2D eigenvalue weighted by Gasteiger charge is 2.19. The molecule has 0 radical (unpaired) electrons. The number of nitrogen functional groups attached to an aromatic ring is 1. The first kappa shape index (κ1) is 13.6. The summed E-state index contributed by atoms with van der Waals surface area (Å²) in [5, 5.41) is 0. The van der Waals surface area contributed by atoms with E-state index in [4.69, 9.17) is 10.3 Å². The van der Waals surface area contributed by atoms with Crippen molar-refractivity contribution in [3.63, 3.8) is 0 Å². The minimum Gasteiger partial charge on any atom is -0.454 e. The van der Waals surface area contributed by atoms with Gasteiger partial charge in [0.2, 0.25) is 0 Å². The standard InChI is InChI=1S/C15H17N3O3/c1-9-7-11(21-14(9)15(20)17-16)8-18-12-4-2-3-10(12)5-6-13(18)19/h5-7H,2-4,8,16H2,1H3,(H,17,20). The Morgan fingerprint density at radius 3 is 3.00 bits per heavy atom. The summed E-state index contributed by atoms with van der Waals surface area (Å²) in [5.74, 6) is 5.42. The highest BCUT2D eigenvalue weighted by atomic mass is 16.4. The molecule has 1 amide bonds. The van der Waals surface area contributed by atoms with Crippen LogP contribution in [-0.4, -0.2) is 10.5 Å². The summed E-state index contributed by atoms with van der Waals surface area (Å²) in [7, 11) is 0. The van der Waals surface area contributed by atoms with Gasteiger partial charge in [-0.3, -0.25) is 15.0 Å². The van der Waals surface area contributed by atoms with E-state index in [1.54, 1.807) is 23.6 Å². The average molecular weight is 287 g/mol. The average Bonchev–Trinajstić information content (AvgIpc) is 3.07. The number of furan rings is 1. The van der Waals surface area contributed by atoms with Gasteiger partial charge in [0.05, 0.1) is 6.54 Å². The van der Waals surface area contributed by atoms with Crippen molar-refractivity contribution in [2.45, 2.75) is 32.7 Å². The second-order valence-corrected chi connectivity index (χ2v) is 5.28. The number of hydrogen-bond donors (Lipinski definition) is 2. The van der Waals surface area contributed by atoms with Crippen molar-refractivity contribution in [2.75, 3.05) is 0 Å². The summed E-state index contributed by atoms with van der Waals surface area (Å²) in [6, 6.07) is 5.26. The first-order chi connectivity index (χ1) is 10.1. The second-order valence-electron chi connectivity index (χ2n) is 5.28. The van der Waals surface area contributed by atoms with Crippen LogP contribution in [0, 0.1) is 6.92 Å². The summed E-state index contributed by atoms with van der Waals surface area (Å²) in [6.45, 7) is 2.11. The molecule has 0 unspecified atom stereocenters. The van der Waals surface area contributed by atoms with Crippen molar-refractivity contribution in [1.82, 2.24) is 9.99 Å². The molecule has 2 heterocycles. The Morgan fingerprint density at radius 1 is 1.43 bits per heavy atom. The number of pyridine rings is 1. The molecule has 0 spiro atoms. The maximum atomic E-state index is 12.1. The molecule has 1 aliphatic rings. The number of amides is 1. The third kappa shape index (κ3) is 2.38. The Morgan fingerprint density at radius 2 is 2.24 bits per heavy atom. The Balaban J connectivity index is 1.97. The predicted octanol–water partition coefficient (Wildman–Crippen LogP) is 0.890. The summed E-state index contributed by atoms with van der Waals surface area (Å²) in [4.78, 5) is 23.6. The zero-order valence-corrected chi connectivity index (χ0v) is 11.8. The Hall–Kier alpha value is -2.34.